The number of carbonyl (C=O) groups is 1. The van der Waals surface area contributed by atoms with Gasteiger partial charge in [0.25, 0.3) is 6.47 Å². The minimum Gasteiger partial charge on any atom is -0.508 e. The van der Waals surface area contributed by atoms with Crippen LogP contribution in [0.2, 0.25) is 0 Å². The number of phenolic OH excluding ortho intramolecular Hbond substituents is 1. The lowest BCUT2D eigenvalue weighted by Crippen LogP contribution is -2.02. The molecule has 0 bridgehead atoms. The fraction of sp³-hybridized carbons (Fsp3) is 0.444. The Hall–Kier alpha value is -2.55. The highest BCUT2D eigenvalue weighted by molar-refractivity contribution is 5.72. The molecule has 0 amide bonds. The highest BCUT2D eigenvalue weighted by atomic mass is 16.5. The van der Waals surface area contributed by atoms with Gasteiger partial charge in [0.15, 0.2) is 0 Å². The summed E-state index contributed by atoms with van der Waals surface area (Å²) in [5, 5.41) is 9.88. The minimum atomic E-state index is 0.221. The first-order valence-electron chi connectivity index (χ1n) is 11.0. The van der Waals surface area contributed by atoms with Gasteiger partial charge in [0, 0.05) is 6.42 Å². The summed E-state index contributed by atoms with van der Waals surface area (Å²) < 4.78 is 4.85. The first kappa shape index (κ1) is 23.7. The summed E-state index contributed by atoms with van der Waals surface area (Å²) in [5.74, 6) is 1.56. The molecule has 162 valence electrons. The van der Waals surface area contributed by atoms with E-state index in [2.05, 4.69) is 58.9 Å². The van der Waals surface area contributed by atoms with Gasteiger partial charge in [0.1, 0.15) is 5.75 Å². The second-order valence-electron chi connectivity index (χ2n) is 8.57. The van der Waals surface area contributed by atoms with Gasteiger partial charge in [-0.1, -0.05) is 70.0 Å². The molecule has 0 aliphatic heterocycles. The molecule has 3 nitrogen and oxygen atoms in total. The van der Waals surface area contributed by atoms with Gasteiger partial charge >= 0.3 is 0 Å². The fourth-order valence-electron chi connectivity index (χ4n) is 3.85. The number of carbonyl (C=O) groups excluding carboxylic acids is 1. The van der Waals surface area contributed by atoms with E-state index in [0.717, 1.165) is 29.0 Å². The number of hydrogen-bond acceptors (Lipinski definition) is 3. The number of phenols is 1. The predicted molar refractivity (Wildman–Crippen MR) is 126 cm³/mol. The van der Waals surface area contributed by atoms with Crippen LogP contribution in [0.4, 0.5) is 0 Å². The number of rotatable bonds is 11. The van der Waals surface area contributed by atoms with Gasteiger partial charge in [-0.2, -0.15) is 0 Å². The van der Waals surface area contributed by atoms with Crippen molar-refractivity contribution in [1.82, 2.24) is 0 Å². The molecule has 0 aliphatic carbocycles. The van der Waals surface area contributed by atoms with Crippen LogP contribution in [-0.2, 0) is 16.0 Å². The Labute approximate surface area is 181 Å². The topological polar surface area (TPSA) is 46.5 Å². The van der Waals surface area contributed by atoms with E-state index in [4.69, 9.17) is 4.74 Å². The summed E-state index contributed by atoms with van der Waals surface area (Å²) in [7, 11) is 0. The van der Waals surface area contributed by atoms with Crippen molar-refractivity contribution in [2.45, 2.75) is 60.3 Å². The molecule has 0 radical (unpaired) electrons. The van der Waals surface area contributed by atoms with E-state index in [9.17, 15) is 9.90 Å². The zero-order valence-corrected chi connectivity index (χ0v) is 19.1. The Morgan fingerprint density at radius 2 is 1.87 bits per heavy atom. The maximum absolute atomic E-state index is 10.5. The molecule has 0 saturated heterocycles. The maximum atomic E-state index is 10.5. The second kappa shape index (κ2) is 11.6. The van der Waals surface area contributed by atoms with Crippen molar-refractivity contribution in [1.29, 1.82) is 0 Å². The van der Waals surface area contributed by atoms with Crippen LogP contribution in [0.15, 0.2) is 42.0 Å². The summed E-state index contributed by atoms with van der Waals surface area (Å²) >= 11 is 0. The van der Waals surface area contributed by atoms with Crippen LogP contribution >= 0.6 is 0 Å². The molecule has 0 heterocycles. The first-order chi connectivity index (χ1) is 14.3. The lowest BCUT2D eigenvalue weighted by Gasteiger charge is -2.17. The summed E-state index contributed by atoms with van der Waals surface area (Å²) in [6.45, 7) is 12.1. The molecule has 0 aromatic heterocycles. The van der Waals surface area contributed by atoms with E-state index in [1.165, 1.54) is 29.5 Å². The average molecular weight is 409 g/mol. The van der Waals surface area contributed by atoms with Crippen molar-refractivity contribution >= 4 is 12.5 Å². The number of benzene rings is 2. The summed E-state index contributed by atoms with van der Waals surface area (Å²) in [6, 6.07) is 11.9. The smallest absolute Gasteiger partial charge is 0.293 e. The Balaban J connectivity index is 2.29. The molecule has 2 aromatic carbocycles. The van der Waals surface area contributed by atoms with Crippen LogP contribution in [0.25, 0.3) is 17.2 Å². The molecule has 1 unspecified atom stereocenters. The van der Waals surface area contributed by atoms with Crippen molar-refractivity contribution in [3.8, 4) is 16.9 Å². The van der Waals surface area contributed by atoms with E-state index in [1.807, 2.05) is 6.07 Å². The molecule has 0 spiro atoms. The molecular formula is C27H36O3. The number of aromatic hydroxyl groups is 1. The van der Waals surface area contributed by atoms with Crippen LogP contribution in [0, 0.1) is 18.8 Å². The summed E-state index contributed by atoms with van der Waals surface area (Å²) in [4.78, 5) is 10.5. The van der Waals surface area contributed by atoms with Gasteiger partial charge in [0.05, 0.1) is 6.61 Å². The molecule has 3 heteroatoms. The SMILES string of the molecule is CC/C(=C\c1ccc(-c2ccc(O)cc2CCOC=O)cc1C)C(C)CCC(C)C. The van der Waals surface area contributed by atoms with E-state index in [-0.39, 0.29) is 5.75 Å². The molecule has 2 rings (SSSR count). The van der Waals surface area contributed by atoms with Crippen LogP contribution in [0.3, 0.4) is 0 Å². The maximum Gasteiger partial charge on any atom is 0.293 e. The van der Waals surface area contributed by atoms with Gasteiger partial charge in [0.2, 0.25) is 0 Å². The van der Waals surface area contributed by atoms with Crippen molar-refractivity contribution in [2.24, 2.45) is 11.8 Å². The Morgan fingerprint density at radius 3 is 2.50 bits per heavy atom. The van der Waals surface area contributed by atoms with Crippen molar-refractivity contribution in [3.63, 3.8) is 0 Å². The van der Waals surface area contributed by atoms with Gasteiger partial charge in [-0.25, -0.2) is 0 Å². The van der Waals surface area contributed by atoms with Gasteiger partial charge < -0.3 is 9.84 Å². The zero-order chi connectivity index (χ0) is 22.1. The van der Waals surface area contributed by atoms with Crippen LogP contribution in [0.1, 0.15) is 63.6 Å². The fourth-order valence-corrected chi connectivity index (χ4v) is 3.85. The highest BCUT2D eigenvalue weighted by Gasteiger charge is 2.11. The summed E-state index contributed by atoms with van der Waals surface area (Å²) in [5.41, 5.74) is 7.13. The predicted octanol–water partition coefficient (Wildman–Crippen LogP) is 6.95. The first-order valence-corrected chi connectivity index (χ1v) is 11.0. The van der Waals surface area contributed by atoms with E-state index < -0.39 is 0 Å². The molecule has 0 aliphatic rings. The van der Waals surface area contributed by atoms with E-state index in [0.29, 0.717) is 25.4 Å². The monoisotopic (exact) mass is 408 g/mol. The lowest BCUT2D eigenvalue weighted by atomic mass is 9.88. The standard InChI is InChI=1S/C27H36O3/c1-6-22(20(4)8-7-19(2)3)16-23-9-10-24(15-21(23)5)27-12-11-26(29)17-25(27)13-14-30-18-28/h9-12,15-20,29H,6-8,13-14H2,1-5H3/b22-16+. The third kappa shape index (κ3) is 6.76. The zero-order valence-electron chi connectivity index (χ0n) is 19.1. The molecule has 0 saturated carbocycles. The Bertz CT molecular complexity index is 864. The van der Waals surface area contributed by atoms with Gasteiger partial charge in [-0.15, -0.1) is 0 Å². The third-order valence-electron chi connectivity index (χ3n) is 5.79. The second-order valence-corrected chi connectivity index (χ2v) is 8.57. The molecule has 30 heavy (non-hydrogen) atoms. The lowest BCUT2D eigenvalue weighted by molar-refractivity contribution is -0.128. The minimum absolute atomic E-state index is 0.221. The Kier molecular flexibility index (Phi) is 9.16. The Morgan fingerprint density at radius 1 is 1.10 bits per heavy atom. The largest absolute Gasteiger partial charge is 0.508 e. The number of ether oxygens (including phenoxy) is 1. The normalized spacial score (nSPS) is 12.8. The highest BCUT2D eigenvalue weighted by Crippen LogP contribution is 2.31. The van der Waals surface area contributed by atoms with Crippen LogP contribution in [-0.4, -0.2) is 18.2 Å². The average Bonchev–Trinajstić information content (AvgIpc) is 2.71. The molecule has 2 aromatic rings. The molecule has 1 atom stereocenters. The number of hydrogen-bond donors (Lipinski definition) is 1. The quantitative estimate of drug-likeness (QED) is 0.323. The van der Waals surface area contributed by atoms with Crippen molar-refractivity contribution in [3.05, 3.63) is 58.7 Å². The third-order valence-corrected chi connectivity index (χ3v) is 5.79. The molecule has 0 fully saturated rings. The van der Waals surface area contributed by atoms with Crippen LogP contribution in [0.5, 0.6) is 5.75 Å². The summed E-state index contributed by atoms with van der Waals surface area (Å²) in [6.07, 6.45) is 6.48. The number of allylic oxidation sites excluding steroid dienone is 1. The van der Waals surface area contributed by atoms with Gasteiger partial charge in [-0.05, 0) is 71.6 Å². The van der Waals surface area contributed by atoms with Crippen molar-refractivity contribution < 1.29 is 14.6 Å². The van der Waals surface area contributed by atoms with Gasteiger partial charge in [-0.3, -0.25) is 4.79 Å². The van der Waals surface area contributed by atoms with E-state index >= 15 is 0 Å². The van der Waals surface area contributed by atoms with Crippen molar-refractivity contribution in [2.75, 3.05) is 6.61 Å². The van der Waals surface area contributed by atoms with Crippen LogP contribution < -0.4 is 0 Å². The number of aryl methyl sites for hydroxylation is 1. The molecule has 1 N–H and O–H groups in total. The van der Waals surface area contributed by atoms with E-state index in [1.54, 1.807) is 12.1 Å². The molecular weight excluding hydrogens is 372 g/mol.